The molecular formula is C27H32N2O5. The molecule has 0 spiro atoms. The Labute approximate surface area is 199 Å². The Morgan fingerprint density at radius 3 is 2.21 bits per heavy atom. The van der Waals surface area contributed by atoms with E-state index in [2.05, 4.69) is 34.9 Å². The molecule has 2 aliphatic carbocycles. The summed E-state index contributed by atoms with van der Waals surface area (Å²) in [6, 6.07) is 15.3. The molecule has 180 valence electrons. The van der Waals surface area contributed by atoms with Gasteiger partial charge in [-0.15, -0.1) is 0 Å². The molecule has 0 saturated heterocycles. The maximum absolute atomic E-state index is 13.0. The zero-order chi connectivity index (χ0) is 24.2. The van der Waals surface area contributed by atoms with Gasteiger partial charge in [0.05, 0.1) is 5.92 Å². The number of ether oxygens (including phenoxy) is 1. The Kier molecular flexibility index (Phi) is 7.20. The van der Waals surface area contributed by atoms with Crippen LogP contribution in [0.5, 0.6) is 0 Å². The first-order valence-corrected chi connectivity index (χ1v) is 12.0. The van der Waals surface area contributed by atoms with Gasteiger partial charge in [-0.25, -0.2) is 4.79 Å². The molecule has 2 aliphatic rings. The molecule has 1 saturated carbocycles. The number of carboxylic acids is 1. The summed E-state index contributed by atoms with van der Waals surface area (Å²) in [6.45, 7) is 4.04. The number of carbonyl (C=O) groups is 3. The SMILES string of the molecule is CCC(C)[C@H](NC(=O)OCC1c2ccccc2-c2ccccc21)C(=O)NC1CCC(C(=O)O)C1. The second-order valence-corrected chi connectivity index (χ2v) is 9.39. The molecule has 1 fully saturated rings. The van der Waals surface area contributed by atoms with E-state index in [1.807, 2.05) is 38.1 Å². The summed E-state index contributed by atoms with van der Waals surface area (Å²) >= 11 is 0. The van der Waals surface area contributed by atoms with Crippen molar-refractivity contribution in [1.29, 1.82) is 0 Å². The van der Waals surface area contributed by atoms with Crippen LogP contribution >= 0.6 is 0 Å². The van der Waals surface area contributed by atoms with Gasteiger partial charge in [-0.1, -0.05) is 68.8 Å². The molecule has 7 nitrogen and oxygen atoms in total. The molecule has 0 bridgehead atoms. The summed E-state index contributed by atoms with van der Waals surface area (Å²) in [4.78, 5) is 36.9. The van der Waals surface area contributed by atoms with E-state index >= 15 is 0 Å². The fraction of sp³-hybridized carbons (Fsp3) is 0.444. The van der Waals surface area contributed by atoms with Crippen molar-refractivity contribution in [2.45, 2.75) is 57.5 Å². The van der Waals surface area contributed by atoms with E-state index in [-0.39, 0.29) is 30.4 Å². The highest BCUT2D eigenvalue weighted by Gasteiger charge is 2.34. The number of alkyl carbamates (subject to hydrolysis) is 1. The van der Waals surface area contributed by atoms with Crippen molar-refractivity contribution in [3.8, 4) is 11.1 Å². The van der Waals surface area contributed by atoms with Gasteiger partial charge in [0.2, 0.25) is 5.91 Å². The van der Waals surface area contributed by atoms with Crippen LogP contribution in [0, 0.1) is 11.8 Å². The third-order valence-electron chi connectivity index (χ3n) is 7.24. The van der Waals surface area contributed by atoms with Crippen LogP contribution in [0.1, 0.15) is 56.6 Å². The van der Waals surface area contributed by atoms with Crippen LogP contribution in [0.4, 0.5) is 4.79 Å². The van der Waals surface area contributed by atoms with Crippen molar-refractivity contribution in [3.05, 3.63) is 59.7 Å². The Morgan fingerprint density at radius 1 is 1.03 bits per heavy atom. The van der Waals surface area contributed by atoms with Gasteiger partial charge in [-0.2, -0.15) is 0 Å². The zero-order valence-electron chi connectivity index (χ0n) is 19.6. The molecule has 0 heterocycles. The highest BCUT2D eigenvalue weighted by molar-refractivity contribution is 5.86. The predicted molar refractivity (Wildman–Crippen MR) is 128 cm³/mol. The lowest BCUT2D eigenvalue weighted by Crippen LogP contribution is -2.52. The topological polar surface area (TPSA) is 105 Å². The Hall–Kier alpha value is -3.35. The van der Waals surface area contributed by atoms with E-state index in [1.54, 1.807) is 0 Å². The van der Waals surface area contributed by atoms with Crippen molar-refractivity contribution in [1.82, 2.24) is 10.6 Å². The summed E-state index contributed by atoms with van der Waals surface area (Å²) < 4.78 is 5.63. The zero-order valence-corrected chi connectivity index (χ0v) is 19.6. The van der Waals surface area contributed by atoms with Gasteiger partial charge in [0, 0.05) is 12.0 Å². The van der Waals surface area contributed by atoms with Gasteiger partial charge >= 0.3 is 12.1 Å². The first-order valence-electron chi connectivity index (χ1n) is 12.0. The molecule has 34 heavy (non-hydrogen) atoms. The summed E-state index contributed by atoms with van der Waals surface area (Å²) in [5, 5.41) is 14.9. The highest BCUT2D eigenvalue weighted by Crippen LogP contribution is 2.44. The van der Waals surface area contributed by atoms with Crippen LogP contribution in [0.2, 0.25) is 0 Å². The molecule has 2 aromatic rings. The lowest BCUT2D eigenvalue weighted by atomic mass is 9.97. The molecule has 3 unspecified atom stereocenters. The second-order valence-electron chi connectivity index (χ2n) is 9.39. The van der Waals surface area contributed by atoms with Crippen LogP contribution in [-0.2, 0) is 14.3 Å². The summed E-state index contributed by atoms with van der Waals surface area (Å²) in [7, 11) is 0. The molecule has 2 amide bonds. The molecule has 2 aromatic carbocycles. The molecule has 7 heteroatoms. The van der Waals surface area contributed by atoms with Crippen molar-refractivity contribution >= 4 is 18.0 Å². The van der Waals surface area contributed by atoms with Crippen LogP contribution in [0.15, 0.2) is 48.5 Å². The van der Waals surface area contributed by atoms with E-state index in [9.17, 15) is 19.5 Å². The Balaban J connectivity index is 1.38. The van der Waals surface area contributed by atoms with Gasteiger partial charge < -0.3 is 20.5 Å². The monoisotopic (exact) mass is 464 g/mol. The van der Waals surface area contributed by atoms with E-state index in [0.29, 0.717) is 25.7 Å². The van der Waals surface area contributed by atoms with Gasteiger partial charge in [0.25, 0.3) is 0 Å². The maximum Gasteiger partial charge on any atom is 0.407 e. The quantitative estimate of drug-likeness (QED) is 0.540. The van der Waals surface area contributed by atoms with Gasteiger partial charge in [-0.3, -0.25) is 9.59 Å². The fourth-order valence-corrected chi connectivity index (χ4v) is 5.10. The van der Waals surface area contributed by atoms with Gasteiger partial charge in [-0.05, 0) is 47.4 Å². The molecule has 0 aromatic heterocycles. The molecule has 0 radical (unpaired) electrons. The van der Waals surface area contributed by atoms with E-state index < -0.39 is 24.0 Å². The van der Waals surface area contributed by atoms with Crippen LogP contribution < -0.4 is 10.6 Å². The number of benzene rings is 2. The largest absolute Gasteiger partial charge is 0.481 e. The number of rotatable bonds is 8. The minimum Gasteiger partial charge on any atom is -0.481 e. The molecule has 3 N–H and O–H groups in total. The minimum absolute atomic E-state index is 0.0551. The third-order valence-corrected chi connectivity index (χ3v) is 7.24. The number of carbonyl (C=O) groups excluding carboxylic acids is 2. The molecular weight excluding hydrogens is 432 g/mol. The number of amides is 2. The van der Waals surface area contributed by atoms with E-state index in [1.165, 1.54) is 0 Å². The molecule has 4 atom stereocenters. The number of hydrogen-bond donors (Lipinski definition) is 3. The number of carboxylic acid groups (broad SMARTS) is 1. The first-order chi connectivity index (χ1) is 16.4. The normalized spacial score (nSPS) is 20.6. The number of aliphatic carboxylic acids is 1. The van der Waals surface area contributed by atoms with E-state index in [4.69, 9.17) is 4.74 Å². The Morgan fingerprint density at radius 2 is 1.65 bits per heavy atom. The van der Waals surface area contributed by atoms with Crippen molar-refractivity contribution < 1.29 is 24.2 Å². The standard InChI is InChI=1S/C27H32N2O5/c1-3-16(2)24(25(30)28-18-13-12-17(14-18)26(31)32)29-27(33)34-15-23-21-10-6-4-8-19(21)20-9-5-7-11-22(20)23/h4-11,16-18,23-24H,3,12-15H2,1-2H3,(H,28,30)(H,29,33)(H,31,32)/t16?,17?,18?,24-/m0/s1. The predicted octanol–water partition coefficient (Wildman–Crippen LogP) is 4.31. The van der Waals surface area contributed by atoms with E-state index in [0.717, 1.165) is 22.3 Å². The maximum atomic E-state index is 13.0. The summed E-state index contributed by atoms with van der Waals surface area (Å²) in [5.41, 5.74) is 4.56. The Bertz CT molecular complexity index is 1020. The lowest BCUT2D eigenvalue weighted by molar-refractivity contribution is -0.141. The average molecular weight is 465 g/mol. The van der Waals surface area contributed by atoms with Crippen LogP contribution in [0.3, 0.4) is 0 Å². The third kappa shape index (κ3) is 4.93. The van der Waals surface area contributed by atoms with Crippen molar-refractivity contribution in [2.24, 2.45) is 11.8 Å². The number of fused-ring (bicyclic) bond motifs is 3. The number of hydrogen-bond acceptors (Lipinski definition) is 4. The van der Waals surface area contributed by atoms with Crippen LogP contribution in [0.25, 0.3) is 11.1 Å². The lowest BCUT2D eigenvalue weighted by Gasteiger charge is -2.25. The van der Waals surface area contributed by atoms with Crippen molar-refractivity contribution in [2.75, 3.05) is 6.61 Å². The summed E-state index contributed by atoms with van der Waals surface area (Å²) in [6.07, 6.45) is 1.66. The smallest absolute Gasteiger partial charge is 0.407 e. The van der Waals surface area contributed by atoms with Crippen molar-refractivity contribution in [3.63, 3.8) is 0 Å². The van der Waals surface area contributed by atoms with Gasteiger partial charge in [0.15, 0.2) is 0 Å². The van der Waals surface area contributed by atoms with Gasteiger partial charge in [0.1, 0.15) is 12.6 Å². The molecule has 4 rings (SSSR count). The van der Waals surface area contributed by atoms with Crippen LogP contribution in [-0.4, -0.2) is 41.8 Å². The fourth-order valence-electron chi connectivity index (χ4n) is 5.10. The number of nitrogens with one attached hydrogen (secondary N) is 2. The summed E-state index contributed by atoms with van der Waals surface area (Å²) in [5.74, 6) is -1.70. The first kappa shape index (κ1) is 23.8. The molecule has 0 aliphatic heterocycles. The minimum atomic E-state index is -0.827. The second kappa shape index (κ2) is 10.3. The highest BCUT2D eigenvalue weighted by atomic mass is 16.5. The average Bonchev–Trinajstić information content (AvgIpc) is 3.43.